The average molecular weight is 300 g/mol. The van der Waals surface area contributed by atoms with Crippen molar-refractivity contribution in [3.8, 4) is 0 Å². The molecule has 0 radical (unpaired) electrons. The van der Waals surface area contributed by atoms with E-state index in [4.69, 9.17) is 5.73 Å². The Labute approximate surface area is 110 Å². The highest BCUT2D eigenvalue weighted by molar-refractivity contribution is 9.10. The first kappa shape index (κ1) is 12.6. The van der Waals surface area contributed by atoms with E-state index in [1.807, 2.05) is 0 Å². The van der Waals surface area contributed by atoms with Crippen LogP contribution in [0.5, 0.6) is 0 Å². The SMILES string of the molecule is CN1CCC(CNc2ncnc(N)c2Br)CC1. The zero-order valence-corrected chi connectivity index (χ0v) is 11.6. The number of piperidine rings is 1. The molecule has 0 atom stereocenters. The van der Waals surface area contributed by atoms with Gasteiger partial charge in [0.25, 0.3) is 0 Å². The predicted molar refractivity (Wildman–Crippen MR) is 72.9 cm³/mol. The maximum absolute atomic E-state index is 5.70. The summed E-state index contributed by atoms with van der Waals surface area (Å²) in [4.78, 5) is 10.5. The summed E-state index contributed by atoms with van der Waals surface area (Å²) in [6.07, 6.45) is 3.96. The Morgan fingerprint density at radius 2 is 2.18 bits per heavy atom. The number of nitrogens with one attached hydrogen (secondary N) is 1. The van der Waals surface area contributed by atoms with Gasteiger partial charge < -0.3 is 16.0 Å². The number of nitrogen functional groups attached to an aromatic ring is 1. The highest BCUT2D eigenvalue weighted by Crippen LogP contribution is 2.25. The molecule has 94 valence electrons. The smallest absolute Gasteiger partial charge is 0.145 e. The summed E-state index contributed by atoms with van der Waals surface area (Å²) in [6.45, 7) is 3.31. The molecule has 1 aromatic heterocycles. The molecule has 1 aliphatic heterocycles. The minimum absolute atomic E-state index is 0.478. The number of likely N-dealkylation sites (tertiary alicyclic amines) is 1. The summed E-state index contributed by atoms with van der Waals surface area (Å²) in [5, 5.41) is 3.34. The van der Waals surface area contributed by atoms with Gasteiger partial charge in [-0.05, 0) is 54.8 Å². The van der Waals surface area contributed by atoms with Gasteiger partial charge in [0.1, 0.15) is 22.4 Å². The zero-order valence-electron chi connectivity index (χ0n) is 9.99. The van der Waals surface area contributed by atoms with Crippen molar-refractivity contribution in [2.45, 2.75) is 12.8 Å². The fourth-order valence-electron chi connectivity index (χ4n) is 2.01. The van der Waals surface area contributed by atoms with E-state index in [-0.39, 0.29) is 0 Å². The highest BCUT2D eigenvalue weighted by atomic mass is 79.9. The van der Waals surface area contributed by atoms with E-state index >= 15 is 0 Å². The van der Waals surface area contributed by atoms with Crippen LogP contribution >= 0.6 is 15.9 Å². The van der Waals surface area contributed by atoms with Crippen LogP contribution in [0.1, 0.15) is 12.8 Å². The Bertz CT molecular complexity index is 376. The molecule has 0 aromatic carbocycles. The van der Waals surface area contributed by atoms with Gasteiger partial charge in [-0.25, -0.2) is 9.97 Å². The Hall–Kier alpha value is -0.880. The maximum atomic E-state index is 5.70. The topological polar surface area (TPSA) is 67.1 Å². The number of anilines is 2. The van der Waals surface area contributed by atoms with Crippen molar-refractivity contribution >= 4 is 27.6 Å². The summed E-state index contributed by atoms with van der Waals surface area (Å²) in [7, 11) is 2.17. The third-order valence-electron chi connectivity index (χ3n) is 3.21. The van der Waals surface area contributed by atoms with Gasteiger partial charge in [-0.15, -0.1) is 0 Å². The first-order valence-electron chi connectivity index (χ1n) is 5.85. The molecule has 1 saturated heterocycles. The van der Waals surface area contributed by atoms with Gasteiger partial charge >= 0.3 is 0 Å². The molecule has 5 nitrogen and oxygen atoms in total. The minimum Gasteiger partial charge on any atom is -0.383 e. The fraction of sp³-hybridized carbons (Fsp3) is 0.636. The van der Waals surface area contributed by atoms with Gasteiger partial charge in [-0.2, -0.15) is 0 Å². The van der Waals surface area contributed by atoms with E-state index < -0.39 is 0 Å². The lowest BCUT2D eigenvalue weighted by Gasteiger charge is -2.29. The molecule has 0 unspecified atom stereocenters. The normalized spacial score (nSPS) is 18.2. The van der Waals surface area contributed by atoms with E-state index in [0.717, 1.165) is 16.8 Å². The molecule has 0 spiro atoms. The van der Waals surface area contributed by atoms with E-state index in [1.54, 1.807) is 0 Å². The number of aromatic nitrogens is 2. The summed E-state index contributed by atoms with van der Waals surface area (Å²) in [5.41, 5.74) is 5.70. The van der Waals surface area contributed by atoms with Crippen LogP contribution < -0.4 is 11.1 Å². The molecule has 2 rings (SSSR count). The predicted octanol–water partition coefficient (Wildman–Crippen LogP) is 1.57. The quantitative estimate of drug-likeness (QED) is 0.887. The maximum Gasteiger partial charge on any atom is 0.145 e. The van der Waals surface area contributed by atoms with Crippen molar-refractivity contribution in [2.75, 3.05) is 37.7 Å². The van der Waals surface area contributed by atoms with Crippen molar-refractivity contribution in [1.82, 2.24) is 14.9 Å². The Morgan fingerprint density at radius 1 is 1.47 bits per heavy atom. The first-order chi connectivity index (χ1) is 8.16. The van der Waals surface area contributed by atoms with Gasteiger partial charge in [-0.3, -0.25) is 0 Å². The number of hydrogen-bond donors (Lipinski definition) is 2. The number of halogens is 1. The second-order valence-electron chi connectivity index (χ2n) is 4.55. The molecule has 0 bridgehead atoms. The average Bonchev–Trinajstić information content (AvgIpc) is 2.33. The van der Waals surface area contributed by atoms with E-state index in [1.165, 1.54) is 32.3 Å². The zero-order chi connectivity index (χ0) is 12.3. The number of nitrogens with two attached hydrogens (primary N) is 1. The van der Waals surface area contributed by atoms with Crippen molar-refractivity contribution < 1.29 is 0 Å². The van der Waals surface area contributed by atoms with Crippen LogP contribution in [0.3, 0.4) is 0 Å². The van der Waals surface area contributed by atoms with Gasteiger partial charge in [0.15, 0.2) is 0 Å². The summed E-state index contributed by atoms with van der Waals surface area (Å²) < 4.78 is 0.757. The third kappa shape index (κ3) is 3.29. The van der Waals surface area contributed by atoms with Crippen LogP contribution in [-0.4, -0.2) is 41.5 Å². The van der Waals surface area contributed by atoms with Crippen LogP contribution in [0.2, 0.25) is 0 Å². The molecular weight excluding hydrogens is 282 g/mol. The van der Waals surface area contributed by atoms with Gasteiger partial charge in [-0.1, -0.05) is 0 Å². The summed E-state index contributed by atoms with van der Waals surface area (Å²) >= 11 is 3.39. The summed E-state index contributed by atoms with van der Waals surface area (Å²) in [6, 6.07) is 0. The van der Waals surface area contributed by atoms with Crippen molar-refractivity contribution in [3.05, 3.63) is 10.8 Å². The second kappa shape index (κ2) is 5.64. The minimum atomic E-state index is 0.478. The lowest BCUT2D eigenvalue weighted by molar-refractivity contribution is 0.226. The van der Waals surface area contributed by atoms with Gasteiger partial charge in [0.05, 0.1) is 0 Å². The molecule has 1 aliphatic rings. The van der Waals surface area contributed by atoms with Crippen LogP contribution in [0.15, 0.2) is 10.8 Å². The van der Waals surface area contributed by atoms with Gasteiger partial charge in [0.2, 0.25) is 0 Å². The lowest BCUT2D eigenvalue weighted by atomic mass is 9.97. The molecule has 0 saturated carbocycles. The van der Waals surface area contributed by atoms with Crippen LogP contribution in [-0.2, 0) is 0 Å². The molecule has 17 heavy (non-hydrogen) atoms. The number of hydrogen-bond acceptors (Lipinski definition) is 5. The molecule has 2 heterocycles. The summed E-state index contributed by atoms with van der Waals surface area (Å²) in [5.74, 6) is 1.98. The molecule has 1 aromatic rings. The Kier molecular flexibility index (Phi) is 4.17. The monoisotopic (exact) mass is 299 g/mol. The molecule has 1 fully saturated rings. The van der Waals surface area contributed by atoms with Crippen molar-refractivity contribution in [3.63, 3.8) is 0 Å². The van der Waals surface area contributed by atoms with E-state index in [9.17, 15) is 0 Å². The second-order valence-corrected chi connectivity index (χ2v) is 5.34. The molecule has 3 N–H and O–H groups in total. The molecule has 0 aliphatic carbocycles. The van der Waals surface area contributed by atoms with Crippen LogP contribution in [0.25, 0.3) is 0 Å². The van der Waals surface area contributed by atoms with E-state index in [2.05, 4.69) is 43.2 Å². The standard InChI is InChI=1S/C11H18BrN5/c1-17-4-2-8(3-5-17)6-14-11-9(12)10(13)15-7-16-11/h7-8H,2-6H2,1H3,(H3,13,14,15,16). The molecule has 6 heteroatoms. The van der Waals surface area contributed by atoms with Crippen molar-refractivity contribution in [2.24, 2.45) is 5.92 Å². The fourth-order valence-corrected chi connectivity index (χ4v) is 2.36. The molecule has 0 amide bonds. The Balaban J connectivity index is 1.87. The molecular formula is C11H18BrN5. The number of rotatable bonds is 3. The third-order valence-corrected chi connectivity index (χ3v) is 3.99. The van der Waals surface area contributed by atoms with Crippen LogP contribution in [0, 0.1) is 5.92 Å². The lowest BCUT2D eigenvalue weighted by Crippen LogP contribution is -2.33. The number of nitrogens with zero attached hydrogens (tertiary/aromatic N) is 3. The first-order valence-corrected chi connectivity index (χ1v) is 6.64. The van der Waals surface area contributed by atoms with Gasteiger partial charge in [0, 0.05) is 6.54 Å². The van der Waals surface area contributed by atoms with E-state index in [0.29, 0.717) is 11.7 Å². The van der Waals surface area contributed by atoms with Crippen LogP contribution in [0.4, 0.5) is 11.6 Å². The van der Waals surface area contributed by atoms with Crippen molar-refractivity contribution in [1.29, 1.82) is 0 Å². The largest absolute Gasteiger partial charge is 0.383 e. The Morgan fingerprint density at radius 3 is 2.88 bits per heavy atom. The highest BCUT2D eigenvalue weighted by Gasteiger charge is 2.17.